The molecule has 2 rings (SSSR count). The van der Waals surface area contributed by atoms with Gasteiger partial charge in [0, 0.05) is 5.69 Å². The first-order chi connectivity index (χ1) is 9.99. The minimum atomic E-state index is -1.02. The number of rotatable bonds is 4. The van der Waals surface area contributed by atoms with Crippen molar-refractivity contribution < 1.29 is 14.7 Å². The van der Waals surface area contributed by atoms with Gasteiger partial charge in [-0.15, -0.1) is 0 Å². The van der Waals surface area contributed by atoms with E-state index in [0.717, 1.165) is 24.9 Å². The average Bonchev–Trinajstić information content (AvgIpc) is 2.44. The van der Waals surface area contributed by atoms with Crippen LogP contribution in [0.15, 0.2) is 18.2 Å². The Morgan fingerprint density at radius 2 is 1.90 bits per heavy atom. The Morgan fingerprint density at radius 1 is 1.19 bits per heavy atom. The second-order valence-electron chi connectivity index (χ2n) is 5.81. The van der Waals surface area contributed by atoms with Crippen molar-refractivity contribution >= 4 is 17.7 Å². The Balaban J connectivity index is 2.08. The van der Waals surface area contributed by atoms with Gasteiger partial charge in [-0.2, -0.15) is 0 Å². The molecule has 0 saturated heterocycles. The zero-order valence-electron chi connectivity index (χ0n) is 12.5. The van der Waals surface area contributed by atoms with Gasteiger partial charge in [0.25, 0.3) is 0 Å². The second-order valence-corrected chi connectivity index (χ2v) is 5.81. The summed E-state index contributed by atoms with van der Waals surface area (Å²) in [6.07, 6.45) is 4.29. The number of aryl methyl sites for hydroxylation is 1. The maximum Gasteiger partial charge on any atom is 0.326 e. The molecule has 5 nitrogen and oxygen atoms in total. The van der Waals surface area contributed by atoms with Crippen LogP contribution in [0.5, 0.6) is 0 Å². The third-order valence-electron chi connectivity index (χ3n) is 3.86. The first kappa shape index (κ1) is 15.4. The van der Waals surface area contributed by atoms with Crippen molar-refractivity contribution in [1.82, 2.24) is 5.32 Å². The summed E-state index contributed by atoms with van der Waals surface area (Å²) in [6, 6.07) is 4.54. The van der Waals surface area contributed by atoms with Gasteiger partial charge in [0.2, 0.25) is 0 Å². The molecule has 1 aliphatic rings. The fraction of sp³-hybridized carbons (Fsp3) is 0.500. The van der Waals surface area contributed by atoms with Crippen LogP contribution in [0.25, 0.3) is 0 Å². The van der Waals surface area contributed by atoms with E-state index < -0.39 is 18.0 Å². The predicted octanol–water partition coefficient (Wildman–Crippen LogP) is 2.80. The first-order valence-electron chi connectivity index (χ1n) is 7.40. The van der Waals surface area contributed by atoms with Crippen LogP contribution in [0.4, 0.5) is 10.5 Å². The van der Waals surface area contributed by atoms with Gasteiger partial charge in [-0.05, 0) is 48.8 Å². The molecule has 1 unspecified atom stereocenters. The van der Waals surface area contributed by atoms with Crippen LogP contribution >= 0.6 is 0 Å². The minimum absolute atomic E-state index is 0.169. The van der Waals surface area contributed by atoms with E-state index in [9.17, 15) is 9.59 Å². The third-order valence-corrected chi connectivity index (χ3v) is 3.86. The molecule has 114 valence electrons. The largest absolute Gasteiger partial charge is 0.480 e. The number of carbonyl (C=O) groups is 2. The van der Waals surface area contributed by atoms with Gasteiger partial charge < -0.3 is 15.7 Å². The third kappa shape index (κ3) is 3.74. The van der Waals surface area contributed by atoms with Gasteiger partial charge in [0.15, 0.2) is 0 Å². The molecule has 1 aromatic rings. The van der Waals surface area contributed by atoms with E-state index in [1.807, 2.05) is 12.1 Å². The number of fused-ring (bicyclic) bond motifs is 1. The number of carboxylic acids is 1. The molecule has 2 amide bonds. The predicted molar refractivity (Wildman–Crippen MR) is 81.5 cm³/mol. The molecule has 0 fully saturated rings. The highest BCUT2D eigenvalue weighted by Crippen LogP contribution is 2.27. The van der Waals surface area contributed by atoms with Crippen LogP contribution in [-0.4, -0.2) is 23.1 Å². The Kier molecular flexibility index (Phi) is 4.83. The maximum atomic E-state index is 12.0. The lowest BCUT2D eigenvalue weighted by molar-refractivity contribution is -0.140. The van der Waals surface area contributed by atoms with E-state index in [0.29, 0.717) is 0 Å². The lowest BCUT2D eigenvalue weighted by atomic mass is 9.90. The summed E-state index contributed by atoms with van der Waals surface area (Å²) in [5, 5.41) is 14.4. The number of urea groups is 1. The standard InChI is InChI=1S/C16H22N2O3/c1-10(2)14(15(19)20)18-16(21)17-13-9-5-7-11-6-3-4-8-12(11)13/h5,7,9-10,14H,3-4,6,8H2,1-2H3,(H,19,20)(H2,17,18,21). The van der Waals surface area contributed by atoms with Crippen LogP contribution in [-0.2, 0) is 17.6 Å². The Labute approximate surface area is 124 Å². The average molecular weight is 290 g/mol. The van der Waals surface area contributed by atoms with Crippen LogP contribution in [0, 0.1) is 5.92 Å². The summed E-state index contributed by atoms with van der Waals surface area (Å²) in [7, 11) is 0. The van der Waals surface area contributed by atoms with E-state index in [1.165, 1.54) is 17.5 Å². The molecule has 0 saturated carbocycles. The summed E-state index contributed by atoms with van der Waals surface area (Å²) in [6.45, 7) is 3.53. The smallest absolute Gasteiger partial charge is 0.326 e. The highest BCUT2D eigenvalue weighted by atomic mass is 16.4. The summed E-state index contributed by atoms with van der Waals surface area (Å²) in [4.78, 5) is 23.2. The monoisotopic (exact) mass is 290 g/mol. The molecule has 21 heavy (non-hydrogen) atoms. The topological polar surface area (TPSA) is 78.4 Å². The molecule has 1 aliphatic carbocycles. The number of hydrogen-bond donors (Lipinski definition) is 3. The molecule has 0 bridgehead atoms. The molecule has 3 N–H and O–H groups in total. The zero-order valence-corrected chi connectivity index (χ0v) is 12.5. The van der Waals surface area contributed by atoms with Crippen molar-refractivity contribution in [3.05, 3.63) is 29.3 Å². The summed E-state index contributed by atoms with van der Waals surface area (Å²) in [5.41, 5.74) is 3.24. The number of hydrogen-bond acceptors (Lipinski definition) is 2. The molecule has 0 radical (unpaired) electrons. The van der Waals surface area contributed by atoms with Crippen LogP contribution in [0.3, 0.4) is 0 Å². The number of anilines is 1. The number of benzene rings is 1. The molecular weight excluding hydrogens is 268 g/mol. The van der Waals surface area contributed by atoms with E-state index in [1.54, 1.807) is 13.8 Å². The highest BCUT2D eigenvalue weighted by Gasteiger charge is 2.24. The number of nitrogens with one attached hydrogen (secondary N) is 2. The van der Waals surface area contributed by atoms with Crippen molar-refractivity contribution in [2.24, 2.45) is 5.92 Å². The van der Waals surface area contributed by atoms with E-state index in [-0.39, 0.29) is 5.92 Å². The Morgan fingerprint density at radius 3 is 2.57 bits per heavy atom. The van der Waals surface area contributed by atoms with Crippen molar-refractivity contribution in [3.63, 3.8) is 0 Å². The number of aliphatic carboxylic acids is 1. The lowest BCUT2D eigenvalue weighted by Crippen LogP contribution is -2.46. The SMILES string of the molecule is CC(C)C(NC(=O)Nc1cccc2c1CCCC2)C(=O)O. The van der Waals surface area contributed by atoms with Crippen LogP contribution in [0.2, 0.25) is 0 Å². The van der Waals surface area contributed by atoms with Gasteiger partial charge in [-0.3, -0.25) is 0 Å². The molecule has 1 aromatic carbocycles. The first-order valence-corrected chi connectivity index (χ1v) is 7.40. The molecule has 0 spiro atoms. The number of carbonyl (C=O) groups excluding carboxylic acids is 1. The van der Waals surface area contributed by atoms with Gasteiger partial charge in [0.1, 0.15) is 6.04 Å². The van der Waals surface area contributed by atoms with Crippen LogP contribution in [0.1, 0.15) is 37.8 Å². The molecular formula is C16H22N2O3. The van der Waals surface area contributed by atoms with Crippen molar-refractivity contribution in [2.75, 3.05) is 5.32 Å². The second kappa shape index (κ2) is 6.61. The number of amides is 2. The maximum absolute atomic E-state index is 12.0. The normalized spacial score (nSPS) is 15.2. The molecule has 1 atom stereocenters. The lowest BCUT2D eigenvalue weighted by Gasteiger charge is -2.22. The highest BCUT2D eigenvalue weighted by molar-refractivity contribution is 5.93. The summed E-state index contributed by atoms with van der Waals surface area (Å²) < 4.78 is 0. The molecule has 0 aromatic heterocycles. The van der Waals surface area contributed by atoms with Crippen molar-refractivity contribution in [3.8, 4) is 0 Å². The fourth-order valence-electron chi connectivity index (χ4n) is 2.71. The van der Waals surface area contributed by atoms with Gasteiger partial charge in [-0.1, -0.05) is 26.0 Å². The van der Waals surface area contributed by atoms with Crippen molar-refractivity contribution in [1.29, 1.82) is 0 Å². The fourth-order valence-corrected chi connectivity index (χ4v) is 2.71. The quantitative estimate of drug-likeness (QED) is 0.798. The summed E-state index contributed by atoms with van der Waals surface area (Å²) in [5.74, 6) is -1.19. The number of carboxylic acid groups (broad SMARTS) is 1. The van der Waals surface area contributed by atoms with Crippen molar-refractivity contribution in [2.45, 2.75) is 45.6 Å². The zero-order chi connectivity index (χ0) is 15.4. The van der Waals surface area contributed by atoms with E-state index in [4.69, 9.17) is 5.11 Å². The van der Waals surface area contributed by atoms with Gasteiger partial charge in [-0.25, -0.2) is 9.59 Å². The van der Waals surface area contributed by atoms with Gasteiger partial charge in [0.05, 0.1) is 0 Å². The van der Waals surface area contributed by atoms with Crippen LogP contribution < -0.4 is 10.6 Å². The molecule has 5 heteroatoms. The van der Waals surface area contributed by atoms with E-state index >= 15 is 0 Å². The Bertz CT molecular complexity index is 540. The van der Waals surface area contributed by atoms with E-state index in [2.05, 4.69) is 16.7 Å². The minimum Gasteiger partial charge on any atom is -0.480 e. The summed E-state index contributed by atoms with van der Waals surface area (Å²) >= 11 is 0. The van der Waals surface area contributed by atoms with Gasteiger partial charge >= 0.3 is 12.0 Å². The molecule has 0 aliphatic heterocycles. The molecule has 0 heterocycles. The Hall–Kier alpha value is -2.04.